The topological polar surface area (TPSA) is 55.1 Å². The molecule has 22 heavy (non-hydrogen) atoms. The Kier molecular flexibility index (Phi) is 4.15. The van der Waals surface area contributed by atoms with Crippen LogP contribution in [0.4, 0.5) is 0 Å². The number of rotatable bonds is 4. The van der Waals surface area contributed by atoms with E-state index in [4.69, 9.17) is 27.6 Å². The fourth-order valence-corrected chi connectivity index (χ4v) is 3.25. The average molecular weight is 339 g/mol. The van der Waals surface area contributed by atoms with E-state index in [1.54, 1.807) is 19.9 Å². The Hall–Kier alpha value is -1.52. The molecular formula is C16H16Cl2N2O2. The van der Waals surface area contributed by atoms with Gasteiger partial charge in [-0.2, -0.15) is 0 Å². The molecule has 1 aliphatic rings. The maximum atomic E-state index is 12.1. The van der Waals surface area contributed by atoms with Crippen molar-refractivity contribution >= 4 is 29.1 Å². The molecule has 1 fully saturated rings. The van der Waals surface area contributed by atoms with Crippen LogP contribution in [0.2, 0.25) is 10.0 Å². The summed E-state index contributed by atoms with van der Waals surface area (Å²) in [5, 5.41) is 4.23. The van der Waals surface area contributed by atoms with Crippen LogP contribution >= 0.6 is 23.2 Å². The molecule has 1 amide bonds. The zero-order chi connectivity index (χ0) is 15.9. The van der Waals surface area contributed by atoms with E-state index in [1.165, 1.54) is 0 Å². The summed E-state index contributed by atoms with van der Waals surface area (Å²) in [5.41, 5.74) is 1.71. The van der Waals surface area contributed by atoms with Gasteiger partial charge in [-0.05, 0) is 42.9 Å². The molecule has 2 atom stereocenters. The molecule has 1 aromatic carbocycles. The third kappa shape index (κ3) is 3.13. The number of benzene rings is 1. The lowest BCUT2D eigenvalue weighted by Gasteiger charge is -2.05. The first kappa shape index (κ1) is 15.4. The number of carbonyl (C=O) groups excluding carboxylic acids is 1. The molecule has 3 rings (SSSR count). The van der Waals surface area contributed by atoms with E-state index in [0.29, 0.717) is 45.8 Å². The Morgan fingerprint density at radius 3 is 2.82 bits per heavy atom. The molecule has 4 nitrogen and oxygen atoms in total. The standard InChI is InChI=1S/C16H16Cl2N2O2/c1-8-15(22-9(2)20-8)16(21)19-7-10-5-13(10)12-4-3-11(17)6-14(12)18/h3-4,6,10,13H,5,7H2,1-2H3,(H,19,21)/t10-,13-/m0/s1. The Morgan fingerprint density at radius 2 is 2.18 bits per heavy atom. The van der Waals surface area contributed by atoms with Crippen LogP contribution in [0.5, 0.6) is 0 Å². The van der Waals surface area contributed by atoms with E-state index >= 15 is 0 Å². The summed E-state index contributed by atoms with van der Waals surface area (Å²) in [5.74, 6) is 1.35. The smallest absolute Gasteiger partial charge is 0.289 e. The number of aromatic nitrogens is 1. The van der Waals surface area contributed by atoms with Gasteiger partial charge in [0, 0.05) is 23.5 Å². The highest BCUT2D eigenvalue weighted by atomic mass is 35.5. The number of aryl methyl sites for hydroxylation is 2. The summed E-state index contributed by atoms with van der Waals surface area (Å²) in [6.45, 7) is 4.09. The van der Waals surface area contributed by atoms with Crippen molar-refractivity contribution in [1.82, 2.24) is 10.3 Å². The van der Waals surface area contributed by atoms with E-state index in [9.17, 15) is 4.79 Å². The summed E-state index contributed by atoms with van der Waals surface area (Å²) in [4.78, 5) is 16.2. The van der Waals surface area contributed by atoms with Crippen molar-refractivity contribution in [3.05, 3.63) is 51.2 Å². The normalized spacial score (nSPS) is 20.0. The Morgan fingerprint density at radius 1 is 1.41 bits per heavy atom. The second-order valence-electron chi connectivity index (χ2n) is 5.63. The Bertz CT molecular complexity index is 727. The summed E-state index contributed by atoms with van der Waals surface area (Å²) < 4.78 is 5.31. The molecule has 1 aromatic heterocycles. The van der Waals surface area contributed by atoms with Crippen molar-refractivity contribution in [2.45, 2.75) is 26.2 Å². The summed E-state index contributed by atoms with van der Waals surface area (Å²) in [6.07, 6.45) is 1.01. The average Bonchev–Trinajstić information content (AvgIpc) is 3.13. The van der Waals surface area contributed by atoms with Gasteiger partial charge in [0.05, 0.1) is 5.69 Å². The molecule has 0 saturated heterocycles. The van der Waals surface area contributed by atoms with E-state index in [-0.39, 0.29) is 5.91 Å². The zero-order valence-electron chi connectivity index (χ0n) is 12.3. The molecule has 1 N–H and O–H groups in total. The predicted molar refractivity (Wildman–Crippen MR) is 85.6 cm³/mol. The molecule has 2 aromatic rings. The van der Waals surface area contributed by atoms with Crippen LogP contribution in [0, 0.1) is 19.8 Å². The molecule has 1 aliphatic carbocycles. The van der Waals surface area contributed by atoms with Gasteiger partial charge in [0.15, 0.2) is 5.89 Å². The molecule has 1 heterocycles. The molecule has 6 heteroatoms. The first-order chi connectivity index (χ1) is 10.5. The number of amides is 1. The molecule has 1 saturated carbocycles. The quantitative estimate of drug-likeness (QED) is 0.911. The van der Waals surface area contributed by atoms with Gasteiger partial charge in [0.2, 0.25) is 5.76 Å². The zero-order valence-corrected chi connectivity index (χ0v) is 13.8. The molecule has 0 spiro atoms. The van der Waals surface area contributed by atoms with Crippen LogP contribution in [0.3, 0.4) is 0 Å². The highest BCUT2D eigenvalue weighted by Crippen LogP contribution is 2.49. The van der Waals surface area contributed by atoms with E-state index in [0.717, 1.165) is 12.0 Å². The van der Waals surface area contributed by atoms with Gasteiger partial charge in [0.1, 0.15) is 0 Å². The van der Waals surface area contributed by atoms with Crippen LogP contribution in [-0.4, -0.2) is 17.4 Å². The van der Waals surface area contributed by atoms with Crippen molar-refractivity contribution in [2.24, 2.45) is 5.92 Å². The van der Waals surface area contributed by atoms with Crippen molar-refractivity contribution < 1.29 is 9.21 Å². The third-order valence-electron chi connectivity index (χ3n) is 3.92. The van der Waals surface area contributed by atoms with E-state index in [2.05, 4.69) is 10.3 Å². The van der Waals surface area contributed by atoms with Crippen molar-refractivity contribution in [1.29, 1.82) is 0 Å². The number of hydrogen-bond acceptors (Lipinski definition) is 3. The first-order valence-corrected chi connectivity index (χ1v) is 7.88. The van der Waals surface area contributed by atoms with Gasteiger partial charge >= 0.3 is 0 Å². The monoisotopic (exact) mass is 338 g/mol. The summed E-state index contributed by atoms with van der Waals surface area (Å²) in [7, 11) is 0. The minimum atomic E-state index is -0.217. The van der Waals surface area contributed by atoms with Crippen molar-refractivity contribution in [3.63, 3.8) is 0 Å². The number of nitrogens with one attached hydrogen (secondary N) is 1. The lowest BCUT2D eigenvalue weighted by Crippen LogP contribution is -2.26. The second kappa shape index (κ2) is 5.94. The SMILES string of the molecule is Cc1nc(C)c(C(=O)NC[C@@H]2C[C@@H]2c2ccc(Cl)cc2Cl)o1. The lowest BCUT2D eigenvalue weighted by atomic mass is 10.1. The van der Waals surface area contributed by atoms with Crippen molar-refractivity contribution in [2.75, 3.05) is 6.54 Å². The van der Waals surface area contributed by atoms with Crippen LogP contribution in [0.15, 0.2) is 22.6 Å². The van der Waals surface area contributed by atoms with Gasteiger partial charge in [-0.25, -0.2) is 4.98 Å². The fraction of sp³-hybridized carbons (Fsp3) is 0.375. The number of oxazole rings is 1. The lowest BCUT2D eigenvalue weighted by molar-refractivity contribution is 0.0921. The van der Waals surface area contributed by atoms with Crippen molar-refractivity contribution in [3.8, 4) is 0 Å². The minimum absolute atomic E-state index is 0.217. The number of carbonyl (C=O) groups is 1. The van der Waals surface area contributed by atoms with E-state index < -0.39 is 0 Å². The highest BCUT2D eigenvalue weighted by molar-refractivity contribution is 6.35. The molecule has 0 bridgehead atoms. The second-order valence-corrected chi connectivity index (χ2v) is 6.47. The Balaban J connectivity index is 1.58. The number of hydrogen-bond donors (Lipinski definition) is 1. The van der Waals surface area contributed by atoms with Gasteiger partial charge < -0.3 is 9.73 Å². The highest BCUT2D eigenvalue weighted by Gasteiger charge is 2.39. The maximum Gasteiger partial charge on any atom is 0.289 e. The number of nitrogens with zero attached hydrogens (tertiary/aromatic N) is 1. The first-order valence-electron chi connectivity index (χ1n) is 7.13. The maximum absolute atomic E-state index is 12.1. The van der Waals surface area contributed by atoms with Gasteiger partial charge in [-0.3, -0.25) is 4.79 Å². The van der Waals surface area contributed by atoms with Crippen LogP contribution in [0.1, 0.15) is 40.0 Å². The Labute approximate surface area is 138 Å². The molecule has 116 valence electrons. The van der Waals surface area contributed by atoms with Gasteiger partial charge in [0.25, 0.3) is 5.91 Å². The van der Waals surface area contributed by atoms with Crippen LogP contribution < -0.4 is 5.32 Å². The molecule has 0 radical (unpaired) electrons. The number of halogens is 2. The van der Waals surface area contributed by atoms with Crippen LogP contribution in [0.25, 0.3) is 0 Å². The third-order valence-corrected chi connectivity index (χ3v) is 4.48. The molecule has 0 unspecified atom stereocenters. The van der Waals surface area contributed by atoms with Gasteiger partial charge in [-0.1, -0.05) is 29.3 Å². The van der Waals surface area contributed by atoms with Crippen LogP contribution in [-0.2, 0) is 0 Å². The van der Waals surface area contributed by atoms with Gasteiger partial charge in [-0.15, -0.1) is 0 Å². The summed E-state index contributed by atoms with van der Waals surface area (Å²) >= 11 is 12.1. The van der Waals surface area contributed by atoms with E-state index in [1.807, 2.05) is 12.1 Å². The predicted octanol–water partition coefficient (Wildman–Crippen LogP) is 4.13. The molecule has 0 aliphatic heterocycles. The minimum Gasteiger partial charge on any atom is -0.436 e. The largest absolute Gasteiger partial charge is 0.436 e. The molecular weight excluding hydrogens is 323 g/mol. The summed E-state index contributed by atoms with van der Waals surface area (Å²) in [6, 6.07) is 5.56. The fourth-order valence-electron chi connectivity index (χ4n) is 2.70.